The number of hydrogen-bond donors (Lipinski definition) is 4. The van der Waals surface area contributed by atoms with Crippen molar-refractivity contribution in [2.24, 2.45) is 0 Å². The third kappa shape index (κ3) is 4.09. The van der Waals surface area contributed by atoms with Crippen molar-refractivity contribution in [3.63, 3.8) is 0 Å². The summed E-state index contributed by atoms with van der Waals surface area (Å²) in [5.74, 6) is -0.487. The summed E-state index contributed by atoms with van der Waals surface area (Å²) in [6, 6.07) is 8.27. The molecule has 8 heteroatoms. The molecule has 0 saturated carbocycles. The van der Waals surface area contributed by atoms with E-state index < -0.39 is 6.04 Å². The molecule has 0 fully saturated rings. The van der Waals surface area contributed by atoms with Crippen molar-refractivity contribution >= 4 is 52.1 Å². The number of halogens is 2. The van der Waals surface area contributed by atoms with Gasteiger partial charge in [-0.15, -0.1) is 0 Å². The van der Waals surface area contributed by atoms with Gasteiger partial charge in [-0.2, -0.15) is 0 Å². The third-order valence-electron chi connectivity index (χ3n) is 4.65. The molecular formula is C20H19Cl2N3O2S. The summed E-state index contributed by atoms with van der Waals surface area (Å²) in [6.45, 7) is 5.78. The smallest absolute Gasteiger partial charge is 0.255 e. The first-order valence-corrected chi connectivity index (χ1v) is 9.68. The molecule has 3 rings (SSSR count). The molecule has 0 aliphatic carbocycles. The molecule has 0 unspecified atom stereocenters. The summed E-state index contributed by atoms with van der Waals surface area (Å²) in [5, 5.41) is 19.4. The lowest BCUT2D eigenvalue weighted by atomic mass is 9.94. The molecule has 146 valence electrons. The van der Waals surface area contributed by atoms with Crippen LogP contribution in [0.15, 0.2) is 41.6 Å². The number of benzene rings is 2. The molecular weight excluding hydrogens is 417 g/mol. The van der Waals surface area contributed by atoms with Crippen molar-refractivity contribution in [1.82, 2.24) is 10.6 Å². The van der Waals surface area contributed by atoms with Gasteiger partial charge in [-0.3, -0.25) is 4.79 Å². The summed E-state index contributed by atoms with van der Waals surface area (Å²) in [6.07, 6.45) is 0. The molecule has 0 spiro atoms. The zero-order valence-corrected chi connectivity index (χ0v) is 17.8. The highest BCUT2D eigenvalue weighted by atomic mass is 35.5. The van der Waals surface area contributed by atoms with Gasteiger partial charge >= 0.3 is 0 Å². The molecule has 1 heterocycles. The van der Waals surface area contributed by atoms with Gasteiger partial charge in [0.05, 0.1) is 21.7 Å². The van der Waals surface area contributed by atoms with E-state index in [2.05, 4.69) is 16.0 Å². The predicted molar refractivity (Wildman–Crippen MR) is 117 cm³/mol. The fourth-order valence-electron chi connectivity index (χ4n) is 3.01. The van der Waals surface area contributed by atoms with Gasteiger partial charge in [0.25, 0.3) is 5.91 Å². The van der Waals surface area contributed by atoms with Gasteiger partial charge in [0, 0.05) is 11.4 Å². The Morgan fingerprint density at radius 2 is 1.75 bits per heavy atom. The second-order valence-electron chi connectivity index (χ2n) is 6.66. The van der Waals surface area contributed by atoms with Gasteiger partial charge in [0.1, 0.15) is 0 Å². The number of allylic oxidation sites excluding steroid dienone is 1. The summed E-state index contributed by atoms with van der Waals surface area (Å²) in [5.41, 5.74) is 4.60. The van der Waals surface area contributed by atoms with Crippen molar-refractivity contribution in [3.8, 4) is 5.75 Å². The van der Waals surface area contributed by atoms with E-state index in [9.17, 15) is 9.90 Å². The van der Waals surface area contributed by atoms with Crippen LogP contribution in [-0.2, 0) is 4.79 Å². The zero-order chi connectivity index (χ0) is 20.6. The van der Waals surface area contributed by atoms with Crippen molar-refractivity contribution < 1.29 is 9.90 Å². The molecule has 1 amide bonds. The molecule has 0 radical (unpaired) electrons. The number of phenolic OH excluding ortho intramolecular Hbond substituents is 1. The number of rotatable bonds is 3. The van der Waals surface area contributed by atoms with Crippen LogP contribution in [0.2, 0.25) is 10.0 Å². The Labute approximate surface area is 178 Å². The average Bonchev–Trinajstić information content (AvgIpc) is 2.61. The van der Waals surface area contributed by atoms with E-state index in [0.29, 0.717) is 27.6 Å². The first-order valence-electron chi connectivity index (χ1n) is 8.52. The number of aryl methyl sites for hydroxylation is 2. The molecule has 28 heavy (non-hydrogen) atoms. The van der Waals surface area contributed by atoms with E-state index in [0.717, 1.165) is 11.1 Å². The van der Waals surface area contributed by atoms with Crippen LogP contribution in [-0.4, -0.2) is 16.1 Å². The summed E-state index contributed by atoms with van der Waals surface area (Å²) in [7, 11) is 0. The van der Waals surface area contributed by atoms with E-state index in [4.69, 9.17) is 35.4 Å². The normalized spacial score (nSPS) is 16.5. The Hall–Kier alpha value is -2.28. The fourth-order valence-corrected chi connectivity index (χ4v) is 3.79. The maximum atomic E-state index is 13.1. The lowest BCUT2D eigenvalue weighted by Gasteiger charge is -2.30. The highest BCUT2D eigenvalue weighted by Crippen LogP contribution is 2.37. The van der Waals surface area contributed by atoms with Crippen LogP contribution in [0.25, 0.3) is 0 Å². The lowest BCUT2D eigenvalue weighted by Crippen LogP contribution is -2.45. The van der Waals surface area contributed by atoms with Crippen molar-refractivity contribution in [2.75, 3.05) is 5.32 Å². The Morgan fingerprint density at radius 3 is 2.36 bits per heavy atom. The van der Waals surface area contributed by atoms with Gasteiger partial charge < -0.3 is 21.1 Å². The summed E-state index contributed by atoms with van der Waals surface area (Å²) >= 11 is 17.4. The van der Waals surface area contributed by atoms with Gasteiger partial charge in [0.15, 0.2) is 10.9 Å². The van der Waals surface area contributed by atoms with Crippen LogP contribution in [0.3, 0.4) is 0 Å². The maximum absolute atomic E-state index is 13.1. The highest BCUT2D eigenvalue weighted by molar-refractivity contribution is 7.80. The number of amides is 1. The summed E-state index contributed by atoms with van der Waals surface area (Å²) in [4.78, 5) is 13.1. The lowest BCUT2D eigenvalue weighted by molar-refractivity contribution is -0.113. The molecule has 2 aromatic carbocycles. The monoisotopic (exact) mass is 435 g/mol. The van der Waals surface area contributed by atoms with Crippen LogP contribution in [0.1, 0.15) is 29.7 Å². The standard InChI is InChI=1S/C20H19Cl2N3O2S/c1-9-4-5-13(6-10(9)2)24-19(27)16-11(3)23-20(28)25-17(16)12-7-14(21)18(26)15(22)8-12/h4-8,17,26H,1-3H3,(H,24,27)(H2,23,25,28)/t17-/m0/s1. The minimum absolute atomic E-state index is 0.0975. The van der Waals surface area contributed by atoms with Crippen molar-refractivity contribution in [2.45, 2.75) is 26.8 Å². The Morgan fingerprint density at radius 1 is 1.11 bits per heavy atom. The second-order valence-corrected chi connectivity index (χ2v) is 7.88. The molecule has 0 bridgehead atoms. The molecule has 2 aromatic rings. The van der Waals surface area contributed by atoms with E-state index in [-0.39, 0.29) is 21.7 Å². The fraction of sp³-hybridized carbons (Fsp3) is 0.200. The van der Waals surface area contributed by atoms with Gasteiger partial charge in [0.2, 0.25) is 0 Å². The SMILES string of the molecule is CC1=C(C(=O)Nc2ccc(C)c(C)c2)[C@H](c2cc(Cl)c(O)c(Cl)c2)NC(=S)N1. The molecule has 5 nitrogen and oxygen atoms in total. The summed E-state index contributed by atoms with van der Waals surface area (Å²) < 4.78 is 0. The van der Waals surface area contributed by atoms with Crippen LogP contribution in [0.4, 0.5) is 5.69 Å². The number of hydrogen-bond acceptors (Lipinski definition) is 3. The largest absolute Gasteiger partial charge is 0.505 e. The number of carbonyl (C=O) groups excluding carboxylic acids is 1. The van der Waals surface area contributed by atoms with Crippen LogP contribution >= 0.6 is 35.4 Å². The van der Waals surface area contributed by atoms with Crippen molar-refractivity contribution in [1.29, 1.82) is 0 Å². The van der Waals surface area contributed by atoms with Crippen molar-refractivity contribution in [3.05, 3.63) is 68.3 Å². The Balaban J connectivity index is 1.99. The minimum Gasteiger partial charge on any atom is -0.505 e. The number of nitrogens with one attached hydrogen (secondary N) is 3. The first-order chi connectivity index (χ1) is 13.2. The van der Waals surface area contributed by atoms with E-state index >= 15 is 0 Å². The number of carbonyl (C=O) groups is 1. The molecule has 1 aliphatic rings. The Kier molecular flexibility index (Phi) is 5.84. The third-order valence-corrected chi connectivity index (χ3v) is 5.45. The maximum Gasteiger partial charge on any atom is 0.255 e. The molecule has 0 saturated heterocycles. The van der Waals surface area contributed by atoms with Gasteiger partial charge in [-0.05, 0) is 73.9 Å². The van der Waals surface area contributed by atoms with Crippen LogP contribution in [0.5, 0.6) is 5.75 Å². The quantitative estimate of drug-likeness (QED) is 0.523. The van der Waals surface area contributed by atoms with Crippen LogP contribution < -0.4 is 16.0 Å². The molecule has 4 N–H and O–H groups in total. The van der Waals surface area contributed by atoms with Crippen LogP contribution in [0, 0.1) is 13.8 Å². The molecule has 1 aliphatic heterocycles. The van der Waals surface area contributed by atoms with E-state index in [1.807, 2.05) is 32.0 Å². The van der Waals surface area contributed by atoms with E-state index in [1.165, 1.54) is 0 Å². The number of thiocarbonyl (C=S) groups is 1. The number of anilines is 1. The highest BCUT2D eigenvalue weighted by Gasteiger charge is 2.31. The average molecular weight is 436 g/mol. The van der Waals surface area contributed by atoms with E-state index in [1.54, 1.807) is 19.1 Å². The Bertz CT molecular complexity index is 998. The van der Waals surface area contributed by atoms with Gasteiger partial charge in [-0.25, -0.2) is 0 Å². The van der Waals surface area contributed by atoms with Gasteiger partial charge in [-0.1, -0.05) is 29.3 Å². The zero-order valence-electron chi connectivity index (χ0n) is 15.5. The molecule has 1 atom stereocenters. The second kappa shape index (κ2) is 7.99. The topological polar surface area (TPSA) is 73.4 Å². The molecule has 0 aromatic heterocycles. The number of phenols is 1. The minimum atomic E-state index is -0.573. The predicted octanol–water partition coefficient (Wildman–Crippen LogP) is 4.75. The number of aromatic hydroxyl groups is 1. The first kappa shape index (κ1) is 20.5.